The molecule has 1 unspecified atom stereocenters. The van der Waals surface area contributed by atoms with E-state index in [4.69, 9.17) is 0 Å². The molecule has 1 heterocycles. The Morgan fingerprint density at radius 3 is 2.63 bits per heavy atom. The predicted molar refractivity (Wildman–Crippen MR) is 64.2 cm³/mol. The highest BCUT2D eigenvalue weighted by Crippen LogP contribution is 2.35. The fraction of sp³-hybridized carbons (Fsp3) is 0.417. The lowest BCUT2D eigenvalue weighted by atomic mass is 9.99. The lowest BCUT2D eigenvalue weighted by Gasteiger charge is -2.18. The van der Waals surface area contributed by atoms with Crippen molar-refractivity contribution in [3.63, 3.8) is 0 Å². The van der Waals surface area contributed by atoms with E-state index in [2.05, 4.69) is 4.74 Å². The van der Waals surface area contributed by atoms with E-state index in [0.717, 1.165) is 11.3 Å². The summed E-state index contributed by atoms with van der Waals surface area (Å²) in [5, 5.41) is 1.62. The Hall–Kier alpha value is -1.59. The second kappa shape index (κ2) is 6.54. The molecule has 0 saturated heterocycles. The Bertz CT molecular complexity index is 473. The van der Waals surface area contributed by atoms with Crippen LogP contribution in [0, 0.1) is 5.92 Å². The molecule has 0 aromatic carbocycles. The molecule has 0 amide bonds. The van der Waals surface area contributed by atoms with Gasteiger partial charge < -0.3 is 4.74 Å². The number of carbonyl (C=O) groups excluding carboxylic acids is 2. The normalized spacial score (nSPS) is 12.6. The number of hydrogen-bond acceptors (Lipinski definition) is 4. The number of esters is 1. The van der Waals surface area contributed by atoms with Crippen molar-refractivity contribution < 1.29 is 27.5 Å². The molecule has 3 nitrogen and oxygen atoms in total. The standard InChI is InChI=1S/C12H11F3O3S/c1-2-18-11(17)9(12(13,14)15)6-8(7-16)10-4-3-5-19-10/h3-5,9H,2,6H2,1H3. The zero-order valence-electron chi connectivity index (χ0n) is 9.99. The van der Waals surface area contributed by atoms with Crippen LogP contribution in [0.2, 0.25) is 0 Å². The van der Waals surface area contributed by atoms with E-state index in [1.807, 2.05) is 0 Å². The molecule has 0 saturated carbocycles. The SMILES string of the molecule is CCOC(=O)C(CC(=C=O)c1cccs1)C(F)(F)F. The second-order valence-electron chi connectivity index (χ2n) is 3.61. The second-order valence-corrected chi connectivity index (χ2v) is 4.56. The van der Waals surface area contributed by atoms with Crippen LogP contribution in [0.15, 0.2) is 17.5 Å². The molecule has 0 bridgehead atoms. The quantitative estimate of drug-likeness (QED) is 0.618. The predicted octanol–water partition coefficient (Wildman–Crippen LogP) is 3.09. The van der Waals surface area contributed by atoms with Gasteiger partial charge >= 0.3 is 12.1 Å². The van der Waals surface area contributed by atoms with Crippen LogP contribution in [0.1, 0.15) is 18.2 Å². The van der Waals surface area contributed by atoms with E-state index in [9.17, 15) is 22.8 Å². The first-order valence-electron chi connectivity index (χ1n) is 5.41. The molecule has 19 heavy (non-hydrogen) atoms. The van der Waals surface area contributed by atoms with Gasteiger partial charge in [-0.15, -0.1) is 11.3 Å². The van der Waals surface area contributed by atoms with Crippen molar-refractivity contribution >= 4 is 28.8 Å². The van der Waals surface area contributed by atoms with Crippen molar-refractivity contribution in [2.24, 2.45) is 5.92 Å². The molecular formula is C12H11F3O3S. The maximum atomic E-state index is 12.8. The van der Waals surface area contributed by atoms with Gasteiger partial charge in [0.25, 0.3) is 0 Å². The number of halogens is 3. The van der Waals surface area contributed by atoms with E-state index in [0.29, 0.717) is 4.88 Å². The summed E-state index contributed by atoms with van der Waals surface area (Å²) in [6, 6.07) is 3.10. The average molecular weight is 292 g/mol. The summed E-state index contributed by atoms with van der Waals surface area (Å²) in [5.74, 6) is -2.24. The van der Waals surface area contributed by atoms with Gasteiger partial charge in [0.15, 0.2) is 5.92 Å². The minimum Gasteiger partial charge on any atom is -0.466 e. The fourth-order valence-electron chi connectivity index (χ4n) is 1.42. The maximum absolute atomic E-state index is 12.8. The van der Waals surface area contributed by atoms with Crippen molar-refractivity contribution in [2.75, 3.05) is 6.61 Å². The minimum atomic E-state index is -4.76. The molecule has 0 fully saturated rings. The van der Waals surface area contributed by atoms with Gasteiger partial charge in [0.2, 0.25) is 0 Å². The van der Waals surface area contributed by atoms with E-state index in [-0.39, 0.29) is 12.2 Å². The maximum Gasteiger partial charge on any atom is 0.402 e. The van der Waals surface area contributed by atoms with E-state index in [1.54, 1.807) is 11.4 Å². The Balaban J connectivity index is 2.95. The molecule has 104 valence electrons. The molecule has 0 aliphatic heterocycles. The van der Waals surface area contributed by atoms with Crippen LogP contribution < -0.4 is 0 Å². The molecule has 0 spiro atoms. The average Bonchev–Trinajstić information content (AvgIpc) is 2.82. The molecule has 1 aromatic heterocycles. The number of hydrogen-bond donors (Lipinski definition) is 0. The van der Waals surface area contributed by atoms with Crippen molar-refractivity contribution in [1.82, 2.24) is 0 Å². The summed E-state index contributed by atoms with van der Waals surface area (Å²) in [6.07, 6.45) is -5.52. The molecule has 7 heteroatoms. The smallest absolute Gasteiger partial charge is 0.402 e. The zero-order chi connectivity index (χ0) is 14.5. The van der Waals surface area contributed by atoms with Crippen molar-refractivity contribution in [1.29, 1.82) is 0 Å². The van der Waals surface area contributed by atoms with Gasteiger partial charge in [-0.05, 0) is 18.4 Å². The highest BCUT2D eigenvalue weighted by atomic mass is 32.1. The monoisotopic (exact) mass is 292 g/mol. The molecule has 0 aliphatic carbocycles. The summed E-state index contributed by atoms with van der Waals surface area (Å²) < 4.78 is 42.8. The van der Waals surface area contributed by atoms with Crippen LogP contribution in [0.5, 0.6) is 0 Å². The number of thiophene rings is 1. The number of alkyl halides is 3. The lowest BCUT2D eigenvalue weighted by molar-refractivity contribution is -0.196. The van der Waals surface area contributed by atoms with Crippen LogP contribution in [0.4, 0.5) is 13.2 Å². The van der Waals surface area contributed by atoms with Gasteiger partial charge in [-0.25, -0.2) is 4.79 Å². The van der Waals surface area contributed by atoms with Gasteiger partial charge in [-0.2, -0.15) is 13.2 Å². The Morgan fingerprint density at radius 2 is 2.21 bits per heavy atom. The third kappa shape index (κ3) is 4.22. The van der Waals surface area contributed by atoms with Crippen LogP contribution in [-0.2, 0) is 14.3 Å². The van der Waals surface area contributed by atoms with Crippen molar-refractivity contribution in [3.8, 4) is 0 Å². The van der Waals surface area contributed by atoms with E-state index >= 15 is 0 Å². The van der Waals surface area contributed by atoms with E-state index < -0.39 is 24.5 Å². The fourth-order valence-corrected chi connectivity index (χ4v) is 2.15. The number of ether oxygens (including phenoxy) is 1. The highest BCUT2D eigenvalue weighted by molar-refractivity contribution is 7.11. The van der Waals surface area contributed by atoms with Crippen molar-refractivity contribution in [2.45, 2.75) is 19.5 Å². The van der Waals surface area contributed by atoms with Crippen LogP contribution in [0.3, 0.4) is 0 Å². The largest absolute Gasteiger partial charge is 0.466 e. The van der Waals surface area contributed by atoms with Gasteiger partial charge in [-0.3, -0.25) is 4.79 Å². The zero-order valence-corrected chi connectivity index (χ0v) is 10.8. The summed E-state index contributed by atoms with van der Waals surface area (Å²) in [6.45, 7) is 1.27. The van der Waals surface area contributed by atoms with Crippen LogP contribution in [-0.4, -0.2) is 24.7 Å². The summed E-state index contributed by atoms with van der Waals surface area (Å²) in [4.78, 5) is 22.5. The molecule has 1 aromatic rings. The Labute approximate surface area is 111 Å². The van der Waals surface area contributed by atoms with Crippen molar-refractivity contribution in [3.05, 3.63) is 22.4 Å². The summed E-state index contributed by atoms with van der Waals surface area (Å²) in [5.41, 5.74) is -0.176. The lowest BCUT2D eigenvalue weighted by Crippen LogP contribution is -2.32. The Morgan fingerprint density at radius 1 is 1.53 bits per heavy atom. The first kappa shape index (κ1) is 15.5. The number of rotatable bonds is 5. The third-order valence-corrected chi connectivity index (χ3v) is 3.25. The number of carbonyl (C=O) groups is 1. The molecule has 0 radical (unpaired) electrons. The van der Waals surface area contributed by atoms with Gasteiger partial charge in [0, 0.05) is 11.3 Å². The number of allylic oxidation sites excluding steroid dienone is 1. The topological polar surface area (TPSA) is 43.4 Å². The minimum absolute atomic E-state index is 0.148. The molecular weight excluding hydrogens is 281 g/mol. The molecule has 1 rings (SSSR count). The molecule has 0 N–H and O–H groups in total. The van der Waals surface area contributed by atoms with Gasteiger partial charge in [-0.1, -0.05) is 6.07 Å². The van der Waals surface area contributed by atoms with E-state index in [1.165, 1.54) is 18.9 Å². The van der Waals surface area contributed by atoms with Gasteiger partial charge in [0.1, 0.15) is 5.94 Å². The first-order valence-corrected chi connectivity index (χ1v) is 6.29. The highest BCUT2D eigenvalue weighted by Gasteiger charge is 2.46. The third-order valence-electron chi connectivity index (χ3n) is 2.32. The van der Waals surface area contributed by atoms with Gasteiger partial charge in [0.05, 0.1) is 12.2 Å². The Kier molecular flexibility index (Phi) is 5.32. The molecule has 0 aliphatic rings. The van der Waals surface area contributed by atoms with Crippen LogP contribution >= 0.6 is 11.3 Å². The summed E-state index contributed by atoms with van der Waals surface area (Å²) in [7, 11) is 0. The molecule has 1 atom stereocenters. The van der Waals surface area contributed by atoms with Crippen LogP contribution in [0.25, 0.3) is 5.57 Å². The first-order chi connectivity index (χ1) is 8.90. The summed E-state index contributed by atoms with van der Waals surface area (Å²) >= 11 is 1.11.